The maximum absolute atomic E-state index is 5.43. The van der Waals surface area contributed by atoms with Crippen LogP contribution in [0.25, 0.3) is 0 Å². The quantitative estimate of drug-likeness (QED) is 0.703. The van der Waals surface area contributed by atoms with E-state index in [2.05, 4.69) is 41.8 Å². The maximum Gasteiger partial charge on any atom is 0.171 e. The number of rotatable bonds is 2. The molecule has 3 fully saturated rings. The minimum atomic E-state index is 0.558. The van der Waals surface area contributed by atoms with Gasteiger partial charge in [-0.2, -0.15) is 0 Å². The molecule has 3 aliphatic heterocycles. The Kier molecular flexibility index (Phi) is 3.71. The summed E-state index contributed by atoms with van der Waals surface area (Å²) in [7, 11) is 0. The van der Waals surface area contributed by atoms with Crippen molar-refractivity contribution < 1.29 is 4.90 Å². The van der Waals surface area contributed by atoms with Crippen LogP contribution in [-0.2, 0) is 0 Å². The van der Waals surface area contributed by atoms with Gasteiger partial charge in [0.25, 0.3) is 0 Å². The average molecular weight is 276 g/mol. The molecule has 1 atom stereocenters. The third kappa shape index (κ3) is 3.07. The highest BCUT2D eigenvalue weighted by molar-refractivity contribution is 7.80. The second kappa shape index (κ2) is 5.47. The van der Waals surface area contributed by atoms with Gasteiger partial charge in [-0.25, -0.2) is 0 Å². The van der Waals surface area contributed by atoms with Crippen LogP contribution < -0.4 is 15.5 Å². The van der Waals surface area contributed by atoms with Gasteiger partial charge in [0.2, 0.25) is 0 Å². The summed E-state index contributed by atoms with van der Waals surface area (Å²) in [6.45, 7) is 6.01. The third-order valence-corrected chi connectivity index (χ3v) is 4.66. The van der Waals surface area contributed by atoms with Crippen LogP contribution in [0.3, 0.4) is 0 Å². The first-order valence-electron chi connectivity index (χ1n) is 7.18. The van der Waals surface area contributed by atoms with E-state index >= 15 is 0 Å². The van der Waals surface area contributed by atoms with E-state index < -0.39 is 0 Å². The van der Waals surface area contributed by atoms with Gasteiger partial charge in [-0.3, -0.25) is 0 Å². The fourth-order valence-corrected chi connectivity index (χ4v) is 3.54. The number of anilines is 1. The Balaban J connectivity index is 1.55. The molecule has 1 aromatic carbocycles. The third-order valence-electron chi connectivity index (χ3n) is 4.44. The van der Waals surface area contributed by atoms with Crippen LogP contribution in [0.5, 0.6) is 0 Å². The lowest BCUT2D eigenvalue weighted by Crippen LogP contribution is -3.17. The zero-order valence-corrected chi connectivity index (χ0v) is 12.2. The van der Waals surface area contributed by atoms with Crippen LogP contribution in [-0.4, -0.2) is 30.8 Å². The van der Waals surface area contributed by atoms with Gasteiger partial charge in [0.15, 0.2) is 5.11 Å². The molecule has 3 aliphatic rings. The highest BCUT2D eigenvalue weighted by Gasteiger charge is 2.37. The lowest BCUT2D eigenvalue weighted by Gasteiger charge is -2.42. The first-order chi connectivity index (χ1) is 9.20. The molecule has 4 heteroatoms. The molecule has 1 aromatic rings. The Morgan fingerprint density at radius 3 is 2.47 bits per heavy atom. The van der Waals surface area contributed by atoms with Gasteiger partial charge in [0, 0.05) is 18.5 Å². The van der Waals surface area contributed by atoms with Crippen LogP contribution >= 0.6 is 12.2 Å². The number of nitrogens with one attached hydrogen (secondary N) is 3. The number of hydrogen-bond acceptors (Lipinski definition) is 1. The van der Waals surface area contributed by atoms with E-state index in [0.717, 1.165) is 16.7 Å². The van der Waals surface area contributed by atoms with E-state index in [1.165, 1.54) is 38.0 Å². The summed E-state index contributed by atoms with van der Waals surface area (Å²) in [6.07, 6.45) is 2.69. The number of piperidine rings is 3. The molecule has 0 unspecified atom stereocenters. The minimum Gasteiger partial charge on any atom is -0.354 e. The van der Waals surface area contributed by atoms with Gasteiger partial charge >= 0.3 is 0 Å². The molecule has 3 heterocycles. The monoisotopic (exact) mass is 276 g/mol. The highest BCUT2D eigenvalue weighted by Crippen LogP contribution is 2.18. The van der Waals surface area contributed by atoms with Gasteiger partial charge in [0.05, 0.1) is 25.7 Å². The Morgan fingerprint density at radius 1 is 1.21 bits per heavy atom. The number of thiocarbonyl (C=S) groups is 1. The summed E-state index contributed by atoms with van der Waals surface area (Å²) in [5.74, 6) is 0.815. The van der Waals surface area contributed by atoms with Crippen molar-refractivity contribution in [2.75, 3.05) is 25.0 Å². The summed E-state index contributed by atoms with van der Waals surface area (Å²) >= 11 is 5.43. The van der Waals surface area contributed by atoms with Gasteiger partial charge in [-0.05, 0) is 37.2 Å². The molecular formula is C15H22N3S+. The first kappa shape index (κ1) is 12.9. The van der Waals surface area contributed by atoms with Crippen molar-refractivity contribution in [3.8, 4) is 0 Å². The number of hydrogen-bond donors (Lipinski definition) is 3. The van der Waals surface area contributed by atoms with E-state index in [9.17, 15) is 0 Å². The number of benzene rings is 1. The van der Waals surface area contributed by atoms with Gasteiger partial charge in [-0.1, -0.05) is 17.7 Å². The predicted molar refractivity (Wildman–Crippen MR) is 82.6 cm³/mol. The van der Waals surface area contributed by atoms with Gasteiger partial charge in [-0.15, -0.1) is 0 Å². The van der Waals surface area contributed by atoms with E-state index in [1.807, 2.05) is 0 Å². The van der Waals surface area contributed by atoms with Crippen molar-refractivity contribution in [3.05, 3.63) is 29.8 Å². The summed E-state index contributed by atoms with van der Waals surface area (Å²) in [5, 5.41) is 7.57. The molecule has 0 radical (unpaired) electrons. The molecule has 19 heavy (non-hydrogen) atoms. The molecule has 2 bridgehead atoms. The molecule has 0 aliphatic carbocycles. The maximum atomic E-state index is 5.43. The number of fused-ring (bicyclic) bond motifs is 3. The van der Waals surface area contributed by atoms with Crippen molar-refractivity contribution in [1.29, 1.82) is 0 Å². The van der Waals surface area contributed by atoms with Crippen LogP contribution in [0.2, 0.25) is 0 Å². The smallest absolute Gasteiger partial charge is 0.171 e. The van der Waals surface area contributed by atoms with Crippen molar-refractivity contribution in [2.24, 2.45) is 5.92 Å². The van der Waals surface area contributed by atoms with Crippen molar-refractivity contribution in [3.63, 3.8) is 0 Å². The van der Waals surface area contributed by atoms with Crippen molar-refractivity contribution in [1.82, 2.24) is 5.32 Å². The molecule has 102 valence electrons. The van der Waals surface area contributed by atoms with E-state index in [1.54, 1.807) is 4.90 Å². The van der Waals surface area contributed by atoms with Crippen molar-refractivity contribution in [2.45, 2.75) is 25.8 Å². The van der Waals surface area contributed by atoms with Crippen molar-refractivity contribution >= 4 is 23.0 Å². The van der Waals surface area contributed by atoms with Crippen LogP contribution in [0, 0.1) is 12.8 Å². The zero-order valence-electron chi connectivity index (χ0n) is 11.4. The van der Waals surface area contributed by atoms with Crippen LogP contribution in [0.4, 0.5) is 5.69 Å². The fraction of sp³-hybridized carbons (Fsp3) is 0.533. The summed E-state index contributed by atoms with van der Waals surface area (Å²) in [6, 6.07) is 8.91. The molecule has 0 aromatic heterocycles. The summed E-state index contributed by atoms with van der Waals surface area (Å²) in [4.78, 5) is 1.73. The molecule has 0 amide bonds. The topological polar surface area (TPSA) is 28.5 Å². The van der Waals surface area contributed by atoms with E-state index in [-0.39, 0.29) is 0 Å². The predicted octanol–water partition coefficient (Wildman–Crippen LogP) is 0.959. The van der Waals surface area contributed by atoms with Gasteiger partial charge < -0.3 is 15.5 Å². The molecule has 3 nitrogen and oxygen atoms in total. The largest absolute Gasteiger partial charge is 0.354 e. The molecule has 0 spiro atoms. The summed E-state index contributed by atoms with van der Waals surface area (Å²) < 4.78 is 0. The van der Waals surface area contributed by atoms with E-state index in [4.69, 9.17) is 12.2 Å². The summed E-state index contributed by atoms with van der Waals surface area (Å²) in [5.41, 5.74) is 2.34. The molecule has 0 saturated carbocycles. The minimum absolute atomic E-state index is 0.558. The second-order valence-corrected chi connectivity index (χ2v) is 6.27. The number of quaternary nitrogens is 1. The van der Waals surface area contributed by atoms with Crippen LogP contribution in [0.1, 0.15) is 18.4 Å². The SMILES string of the molecule is Cc1ccc(NC(=S)N[C@@H]2C[NH+]3CCC2CC3)cc1. The molecule has 4 rings (SSSR count). The zero-order chi connectivity index (χ0) is 13.2. The van der Waals surface area contributed by atoms with Crippen LogP contribution in [0.15, 0.2) is 24.3 Å². The molecular weight excluding hydrogens is 254 g/mol. The Labute approximate surface area is 120 Å². The standard InChI is InChI=1S/C15H21N3S/c1-11-2-4-13(5-3-11)16-15(19)17-14-10-18-8-6-12(14)7-9-18/h2-5,12,14H,6-10H2,1H3,(H2,16,17,19)/p+1/t14-/m1/s1. The van der Waals surface area contributed by atoms with Gasteiger partial charge in [0.1, 0.15) is 0 Å². The Bertz CT molecular complexity index is 449. The lowest BCUT2D eigenvalue weighted by atomic mass is 9.84. The second-order valence-electron chi connectivity index (χ2n) is 5.86. The normalized spacial score (nSPS) is 29.0. The Morgan fingerprint density at radius 2 is 1.89 bits per heavy atom. The lowest BCUT2D eigenvalue weighted by molar-refractivity contribution is -0.917. The number of aryl methyl sites for hydroxylation is 1. The average Bonchev–Trinajstić information content (AvgIpc) is 2.43. The molecule has 3 saturated heterocycles. The fourth-order valence-electron chi connectivity index (χ4n) is 3.27. The van der Waals surface area contributed by atoms with E-state index in [0.29, 0.717) is 6.04 Å². The highest BCUT2D eigenvalue weighted by atomic mass is 32.1. The molecule has 3 N–H and O–H groups in total. The first-order valence-corrected chi connectivity index (χ1v) is 7.59. The Hall–Kier alpha value is -1.13.